The maximum atomic E-state index is 14.8. The lowest BCUT2D eigenvalue weighted by molar-refractivity contribution is 0.00318. The molecule has 4 rings (SSSR count). The molecule has 2 atom stereocenters. The fourth-order valence-corrected chi connectivity index (χ4v) is 5.75. The molecule has 5 nitrogen and oxygen atoms in total. The number of ether oxygens (including phenoxy) is 1. The fraction of sp³-hybridized carbons (Fsp3) is 0.462. The number of benzene rings is 2. The summed E-state index contributed by atoms with van der Waals surface area (Å²) in [6.07, 6.45) is 1.74. The first kappa shape index (κ1) is 28.1. The molecule has 1 saturated carbocycles. The quantitative estimate of drug-likeness (QED) is 0.366. The Morgan fingerprint density at radius 1 is 1.14 bits per heavy atom. The van der Waals surface area contributed by atoms with Gasteiger partial charge in [-0.3, -0.25) is 14.4 Å². The second kappa shape index (κ2) is 11.4. The van der Waals surface area contributed by atoms with E-state index in [2.05, 4.69) is 10.6 Å². The monoisotopic (exact) mass is 576 g/mol. The number of nitrogens with one attached hydrogen (secondary N) is 1. The summed E-state index contributed by atoms with van der Waals surface area (Å²) >= 11 is 12.1. The number of hydrogen-bond acceptors (Lipinski definition) is 4. The van der Waals surface area contributed by atoms with Crippen molar-refractivity contribution in [2.75, 3.05) is 26.0 Å². The number of carbonyl (C=O) groups is 1. The number of nitrogens with zero attached hydrogens (tertiary/aromatic N) is 1. The molecule has 1 unspecified atom stereocenters. The van der Waals surface area contributed by atoms with Crippen LogP contribution in [0.25, 0.3) is 0 Å². The van der Waals surface area contributed by atoms with Crippen molar-refractivity contribution >= 4 is 44.7 Å². The molecular formula is C26H29Cl2F3N2O3S. The highest BCUT2D eigenvalue weighted by molar-refractivity contribution is 7.98. The van der Waals surface area contributed by atoms with Gasteiger partial charge in [-0.2, -0.15) is 0 Å². The van der Waals surface area contributed by atoms with Crippen LogP contribution in [0.1, 0.15) is 59.1 Å². The first-order valence-corrected chi connectivity index (χ1v) is 14.9. The van der Waals surface area contributed by atoms with Crippen LogP contribution in [0.4, 0.5) is 13.2 Å². The summed E-state index contributed by atoms with van der Waals surface area (Å²) < 4.78 is 62.9. The maximum absolute atomic E-state index is 14.8. The van der Waals surface area contributed by atoms with Crippen LogP contribution in [-0.4, -0.2) is 53.3 Å². The van der Waals surface area contributed by atoms with Crippen molar-refractivity contribution in [3.05, 3.63) is 62.9 Å². The van der Waals surface area contributed by atoms with Gasteiger partial charge < -0.3 is 4.74 Å². The zero-order valence-corrected chi connectivity index (χ0v) is 22.7. The van der Waals surface area contributed by atoms with E-state index >= 15 is 0 Å². The largest absolute Gasteiger partial charge is 0.493 e. The molecule has 1 heterocycles. The summed E-state index contributed by atoms with van der Waals surface area (Å²) in [4.78, 5) is 14.1. The molecule has 1 aliphatic heterocycles. The minimum absolute atomic E-state index is 0.103. The van der Waals surface area contributed by atoms with Gasteiger partial charge in [-0.1, -0.05) is 23.2 Å². The zero-order chi connectivity index (χ0) is 26.9. The third kappa shape index (κ3) is 7.34. The fourth-order valence-electron chi connectivity index (χ4n) is 4.70. The van der Waals surface area contributed by atoms with Gasteiger partial charge in [0.05, 0.1) is 18.2 Å². The Kier molecular flexibility index (Phi) is 8.68. The molecule has 0 spiro atoms. The van der Waals surface area contributed by atoms with Gasteiger partial charge in [0.25, 0.3) is 12.3 Å². The van der Waals surface area contributed by atoms with E-state index < -0.39 is 33.9 Å². The summed E-state index contributed by atoms with van der Waals surface area (Å²) in [5.74, 6) is 2.48. The number of alkyl halides is 2. The third-order valence-electron chi connectivity index (χ3n) is 6.65. The third-order valence-corrected chi connectivity index (χ3v) is 7.71. The predicted octanol–water partition coefficient (Wildman–Crippen LogP) is 6.10. The molecule has 11 heteroatoms. The summed E-state index contributed by atoms with van der Waals surface area (Å²) in [7, 11) is -2.84. The highest BCUT2D eigenvalue weighted by Crippen LogP contribution is 2.45. The summed E-state index contributed by atoms with van der Waals surface area (Å²) in [5.41, 5.74) is 0.930. The molecule has 0 radical (unpaired) electrons. The van der Waals surface area contributed by atoms with Crippen LogP contribution in [-0.2, 0) is 9.71 Å². The molecule has 2 aromatic rings. The van der Waals surface area contributed by atoms with E-state index in [-0.39, 0.29) is 17.4 Å². The molecule has 1 N–H and O–H groups in total. The van der Waals surface area contributed by atoms with Crippen molar-refractivity contribution in [3.63, 3.8) is 0 Å². The average Bonchev–Trinajstić information content (AvgIpc) is 3.62. The number of likely N-dealkylation sites (tertiary alicyclic amines) is 1. The van der Waals surface area contributed by atoms with Crippen molar-refractivity contribution < 1.29 is 26.9 Å². The number of piperidine rings is 1. The molecule has 0 aromatic heterocycles. The van der Waals surface area contributed by atoms with Crippen LogP contribution in [0.5, 0.6) is 5.75 Å². The van der Waals surface area contributed by atoms with E-state index in [1.165, 1.54) is 36.6 Å². The van der Waals surface area contributed by atoms with Gasteiger partial charge in [-0.05, 0) is 91.9 Å². The molecule has 2 aliphatic rings. The van der Waals surface area contributed by atoms with E-state index in [0.29, 0.717) is 53.9 Å². The minimum atomic E-state index is -2.84. The molecule has 202 valence electrons. The van der Waals surface area contributed by atoms with Crippen molar-refractivity contribution in [3.8, 4) is 5.75 Å². The van der Waals surface area contributed by atoms with Gasteiger partial charge in [-0.25, -0.2) is 17.4 Å². The van der Waals surface area contributed by atoms with Crippen LogP contribution < -0.4 is 9.46 Å². The van der Waals surface area contributed by atoms with Gasteiger partial charge in [0, 0.05) is 32.1 Å². The predicted molar refractivity (Wildman–Crippen MR) is 142 cm³/mol. The Morgan fingerprint density at radius 2 is 1.76 bits per heavy atom. The molecule has 1 amide bonds. The molecule has 0 bridgehead atoms. The molecule has 2 aromatic carbocycles. The Morgan fingerprint density at radius 3 is 2.30 bits per heavy atom. The Hall–Kier alpha value is -1.94. The molecule has 1 aliphatic carbocycles. The average molecular weight is 577 g/mol. The highest BCUT2D eigenvalue weighted by Gasteiger charge is 2.34. The van der Waals surface area contributed by atoms with Crippen molar-refractivity contribution in [2.24, 2.45) is 5.92 Å². The lowest BCUT2D eigenvalue weighted by Gasteiger charge is -2.37. The SMILES string of the molecule is C=S(C)(=O)NC(=O)c1cc(C2CC2)c(OCC2CCN([C@@H](c3cc(Cl)cc(Cl)c3)C(F)F)CC2)cc1F. The van der Waals surface area contributed by atoms with Gasteiger partial charge in [-0.15, -0.1) is 0 Å². The summed E-state index contributed by atoms with van der Waals surface area (Å²) in [6.45, 7) is 1.19. The van der Waals surface area contributed by atoms with Gasteiger partial charge in [0.1, 0.15) is 11.6 Å². The van der Waals surface area contributed by atoms with Crippen LogP contribution in [0.15, 0.2) is 30.3 Å². The second-order valence-corrected chi connectivity index (χ2v) is 12.9. The minimum Gasteiger partial charge on any atom is -0.493 e. The Labute approximate surface area is 225 Å². The topological polar surface area (TPSA) is 58.6 Å². The van der Waals surface area contributed by atoms with Crippen molar-refractivity contribution in [1.82, 2.24) is 9.62 Å². The van der Waals surface area contributed by atoms with Gasteiger partial charge in [0.15, 0.2) is 0 Å². The lowest BCUT2D eigenvalue weighted by Crippen LogP contribution is -2.40. The van der Waals surface area contributed by atoms with Crippen LogP contribution in [0.2, 0.25) is 10.0 Å². The van der Waals surface area contributed by atoms with E-state index in [1.807, 2.05) is 0 Å². The molecule has 37 heavy (non-hydrogen) atoms. The Bertz CT molecular complexity index is 1240. The van der Waals surface area contributed by atoms with Crippen LogP contribution in [0, 0.1) is 11.7 Å². The summed E-state index contributed by atoms with van der Waals surface area (Å²) in [6, 6.07) is 6.12. The van der Waals surface area contributed by atoms with Crippen molar-refractivity contribution in [1.29, 1.82) is 0 Å². The van der Waals surface area contributed by atoms with E-state index in [4.69, 9.17) is 27.9 Å². The summed E-state index contributed by atoms with van der Waals surface area (Å²) in [5, 5.41) is 0.626. The number of halogens is 5. The number of carbonyl (C=O) groups excluding carboxylic acids is 1. The van der Waals surface area contributed by atoms with Crippen LogP contribution >= 0.6 is 23.2 Å². The normalized spacial score (nSPS) is 19.4. The first-order chi connectivity index (χ1) is 17.4. The molecule has 2 fully saturated rings. The van der Waals surface area contributed by atoms with E-state index in [0.717, 1.165) is 18.4 Å². The second-order valence-electron chi connectivity index (χ2n) is 9.85. The lowest BCUT2D eigenvalue weighted by atomic mass is 9.94. The molecule has 1 saturated heterocycles. The standard InChI is InChI=1S/C26H29Cl2F3N2O3S/c1-37(2,35)32-26(34)21-12-20(16-3-4-16)23(13-22(21)29)36-14-15-5-7-33(8-6-15)24(25(30)31)17-9-18(27)11-19(28)10-17/h9-13,15-16,24-25H,1,3-8,14H2,2H3,(H,32,34,35)/t24-,37?/m0/s1. The van der Waals surface area contributed by atoms with Crippen LogP contribution in [0.3, 0.4) is 0 Å². The van der Waals surface area contributed by atoms with Gasteiger partial charge in [0.2, 0.25) is 0 Å². The maximum Gasteiger partial charge on any atom is 0.265 e. The number of hydrogen-bond donors (Lipinski definition) is 1. The smallest absolute Gasteiger partial charge is 0.265 e. The molecular weight excluding hydrogens is 548 g/mol. The van der Waals surface area contributed by atoms with E-state index in [9.17, 15) is 22.2 Å². The first-order valence-electron chi connectivity index (χ1n) is 12.0. The van der Waals surface area contributed by atoms with E-state index in [1.54, 1.807) is 4.90 Å². The van der Waals surface area contributed by atoms with Gasteiger partial charge >= 0.3 is 0 Å². The van der Waals surface area contributed by atoms with Crippen molar-refractivity contribution in [2.45, 2.75) is 44.1 Å². The zero-order valence-electron chi connectivity index (χ0n) is 20.3. The Balaban J connectivity index is 1.41. The number of amides is 1. The highest BCUT2D eigenvalue weighted by atomic mass is 35.5. The number of rotatable bonds is 9.